The summed E-state index contributed by atoms with van der Waals surface area (Å²) in [5.74, 6) is 1.42. The van der Waals surface area contributed by atoms with Gasteiger partial charge in [0.25, 0.3) is 5.89 Å². The van der Waals surface area contributed by atoms with Crippen LogP contribution in [0.1, 0.15) is 24.6 Å². The highest BCUT2D eigenvalue weighted by Gasteiger charge is 2.19. The molecule has 1 aromatic heterocycles. The molecule has 0 unspecified atom stereocenters. The molecule has 19 heavy (non-hydrogen) atoms. The zero-order valence-corrected chi connectivity index (χ0v) is 11.6. The van der Waals surface area contributed by atoms with Gasteiger partial charge in [0.2, 0.25) is 0 Å². The van der Waals surface area contributed by atoms with E-state index in [1.165, 1.54) is 5.57 Å². The zero-order chi connectivity index (χ0) is 13.2. The molecule has 0 N–H and O–H groups in total. The molecule has 0 amide bonds. The van der Waals surface area contributed by atoms with Crippen molar-refractivity contribution in [1.82, 2.24) is 19.9 Å². The molecule has 2 aliphatic heterocycles. The summed E-state index contributed by atoms with van der Waals surface area (Å²) in [7, 11) is 4.23. The lowest BCUT2D eigenvalue weighted by Gasteiger charge is -2.21. The van der Waals surface area contributed by atoms with Gasteiger partial charge in [-0.1, -0.05) is 17.3 Å². The van der Waals surface area contributed by atoms with Crippen molar-refractivity contribution in [1.29, 1.82) is 0 Å². The molecule has 5 nitrogen and oxygen atoms in total. The van der Waals surface area contributed by atoms with Crippen molar-refractivity contribution in [2.75, 3.05) is 40.3 Å². The topological polar surface area (TPSA) is 45.4 Å². The van der Waals surface area contributed by atoms with Gasteiger partial charge < -0.3 is 14.3 Å². The molecule has 5 heteroatoms. The second-order valence-corrected chi connectivity index (χ2v) is 5.43. The first-order valence-corrected chi connectivity index (χ1v) is 6.82. The molecule has 1 aromatic rings. The number of rotatable bonds is 2. The van der Waals surface area contributed by atoms with Crippen LogP contribution in [-0.4, -0.2) is 60.2 Å². The minimum absolute atomic E-state index is 0.677. The molecule has 0 saturated heterocycles. The largest absolute Gasteiger partial charge is 0.334 e. The van der Waals surface area contributed by atoms with Crippen LogP contribution in [0.5, 0.6) is 0 Å². The summed E-state index contributed by atoms with van der Waals surface area (Å²) < 4.78 is 5.43. The fourth-order valence-corrected chi connectivity index (χ4v) is 2.59. The van der Waals surface area contributed by atoms with Gasteiger partial charge in [0.05, 0.1) is 0 Å². The van der Waals surface area contributed by atoms with Gasteiger partial charge >= 0.3 is 0 Å². The Kier molecular flexibility index (Phi) is 3.48. The van der Waals surface area contributed by atoms with Crippen molar-refractivity contribution in [3.05, 3.63) is 23.9 Å². The van der Waals surface area contributed by atoms with Crippen LogP contribution in [0.2, 0.25) is 0 Å². The molecule has 0 bridgehead atoms. The predicted molar refractivity (Wildman–Crippen MR) is 74.5 cm³/mol. The summed E-state index contributed by atoms with van der Waals surface area (Å²) in [6.07, 6.45) is 6.53. The summed E-state index contributed by atoms with van der Waals surface area (Å²) in [5.41, 5.74) is 2.32. The van der Waals surface area contributed by atoms with Crippen LogP contribution in [0, 0.1) is 0 Å². The molecular weight excluding hydrogens is 240 g/mol. The number of likely N-dealkylation sites (N-methyl/N-ethyl adjacent to an activating group) is 2. The van der Waals surface area contributed by atoms with Crippen LogP contribution in [0.3, 0.4) is 0 Å². The van der Waals surface area contributed by atoms with Crippen molar-refractivity contribution < 1.29 is 4.52 Å². The first kappa shape index (κ1) is 12.6. The number of nitrogens with zero attached hydrogens (tertiary/aromatic N) is 4. The van der Waals surface area contributed by atoms with Crippen LogP contribution < -0.4 is 0 Å². The maximum absolute atomic E-state index is 5.43. The highest BCUT2D eigenvalue weighted by Crippen LogP contribution is 2.22. The lowest BCUT2D eigenvalue weighted by atomic mass is 10.1. The van der Waals surface area contributed by atoms with E-state index in [1.54, 1.807) is 0 Å². The highest BCUT2D eigenvalue weighted by atomic mass is 16.5. The third kappa shape index (κ3) is 2.77. The molecule has 0 fully saturated rings. The first-order valence-electron chi connectivity index (χ1n) is 6.82. The van der Waals surface area contributed by atoms with Crippen molar-refractivity contribution in [2.24, 2.45) is 0 Å². The lowest BCUT2D eigenvalue weighted by molar-refractivity contribution is 0.355. The Hall–Kier alpha value is -1.46. The van der Waals surface area contributed by atoms with Crippen LogP contribution in [-0.2, 0) is 0 Å². The third-order valence-corrected chi connectivity index (χ3v) is 3.67. The van der Waals surface area contributed by atoms with Gasteiger partial charge in [0, 0.05) is 37.3 Å². The lowest BCUT2D eigenvalue weighted by Crippen LogP contribution is -2.25. The summed E-state index contributed by atoms with van der Waals surface area (Å²) in [5, 5.41) is 4.13. The summed E-state index contributed by atoms with van der Waals surface area (Å²) in [6, 6.07) is 0. The van der Waals surface area contributed by atoms with Crippen molar-refractivity contribution >= 4 is 11.1 Å². The average molecular weight is 260 g/mol. The molecule has 0 spiro atoms. The molecule has 0 aromatic carbocycles. The Labute approximate surface area is 113 Å². The van der Waals surface area contributed by atoms with Crippen LogP contribution in [0.15, 0.2) is 16.7 Å². The van der Waals surface area contributed by atoms with E-state index >= 15 is 0 Å². The van der Waals surface area contributed by atoms with Gasteiger partial charge in [-0.25, -0.2) is 0 Å². The smallest absolute Gasteiger partial charge is 0.255 e. The van der Waals surface area contributed by atoms with E-state index in [9.17, 15) is 0 Å². The van der Waals surface area contributed by atoms with E-state index in [1.807, 2.05) is 0 Å². The van der Waals surface area contributed by atoms with E-state index in [0.717, 1.165) is 50.4 Å². The van der Waals surface area contributed by atoms with E-state index in [2.05, 4.69) is 46.2 Å². The Balaban J connectivity index is 1.80. The minimum Gasteiger partial charge on any atom is -0.334 e. The number of hydrogen-bond donors (Lipinski definition) is 0. The third-order valence-electron chi connectivity index (χ3n) is 3.67. The molecule has 0 aliphatic carbocycles. The molecule has 102 valence electrons. The van der Waals surface area contributed by atoms with Crippen molar-refractivity contribution in [2.45, 2.75) is 12.8 Å². The minimum atomic E-state index is 0.677. The second kappa shape index (κ2) is 5.27. The normalized spacial score (nSPS) is 22.2. The standard InChI is InChI=1S/C14H20N4O/c1-17-7-3-5-11(9-17)13-15-14(19-16-13)12-6-4-8-18(2)10-12/h5-6H,3-4,7-10H2,1-2H3. The van der Waals surface area contributed by atoms with Gasteiger partial charge in [-0.05, 0) is 26.9 Å². The predicted octanol–water partition coefficient (Wildman–Crippen LogP) is 1.51. The summed E-state index contributed by atoms with van der Waals surface area (Å²) >= 11 is 0. The monoisotopic (exact) mass is 260 g/mol. The fourth-order valence-electron chi connectivity index (χ4n) is 2.59. The molecule has 3 rings (SSSR count). The van der Waals surface area contributed by atoms with Gasteiger partial charge in [-0.15, -0.1) is 0 Å². The molecule has 3 heterocycles. The molecule has 0 radical (unpaired) electrons. The molecule has 0 saturated carbocycles. The van der Waals surface area contributed by atoms with E-state index in [-0.39, 0.29) is 0 Å². The van der Waals surface area contributed by atoms with Crippen LogP contribution in [0.25, 0.3) is 11.1 Å². The highest BCUT2D eigenvalue weighted by molar-refractivity contribution is 5.65. The van der Waals surface area contributed by atoms with E-state index < -0.39 is 0 Å². The quantitative estimate of drug-likeness (QED) is 0.806. The Morgan fingerprint density at radius 3 is 2.32 bits per heavy atom. The Morgan fingerprint density at radius 2 is 1.63 bits per heavy atom. The van der Waals surface area contributed by atoms with Crippen LogP contribution >= 0.6 is 0 Å². The van der Waals surface area contributed by atoms with Crippen LogP contribution in [0.4, 0.5) is 0 Å². The SMILES string of the molecule is CN1CCC=C(c2noc(C3=CCCN(C)C3)n2)C1. The summed E-state index contributed by atoms with van der Waals surface area (Å²) in [4.78, 5) is 9.11. The molecular formula is C14H20N4O. The second-order valence-electron chi connectivity index (χ2n) is 5.43. The fraction of sp³-hybridized carbons (Fsp3) is 0.571. The molecule has 2 aliphatic rings. The zero-order valence-electron chi connectivity index (χ0n) is 11.6. The van der Waals surface area contributed by atoms with E-state index in [4.69, 9.17) is 4.52 Å². The number of hydrogen-bond acceptors (Lipinski definition) is 5. The van der Waals surface area contributed by atoms with Crippen molar-refractivity contribution in [3.63, 3.8) is 0 Å². The summed E-state index contributed by atoms with van der Waals surface area (Å²) in [6.45, 7) is 3.99. The Morgan fingerprint density at radius 1 is 1.00 bits per heavy atom. The van der Waals surface area contributed by atoms with Gasteiger partial charge in [-0.3, -0.25) is 0 Å². The maximum Gasteiger partial charge on any atom is 0.255 e. The maximum atomic E-state index is 5.43. The average Bonchev–Trinajstić information content (AvgIpc) is 2.88. The molecule has 0 atom stereocenters. The van der Waals surface area contributed by atoms with E-state index in [0.29, 0.717) is 5.89 Å². The number of aromatic nitrogens is 2. The van der Waals surface area contributed by atoms with Gasteiger partial charge in [-0.2, -0.15) is 4.98 Å². The van der Waals surface area contributed by atoms with Gasteiger partial charge in [0.15, 0.2) is 5.82 Å². The van der Waals surface area contributed by atoms with Gasteiger partial charge in [0.1, 0.15) is 0 Å². The first-order chi connectivity index (χ1) is 9.22. The van der Waals surface area contributed by atoms with Crippen molar-refractivity contribution in [3.8, 4) is 0 Å². The Bertz CT molecular complexity index is 473.